The van der Waals surface area contributed by atoms with Gasteiger partial charge in [0.15, 0.2) is 5.12 Å². The molecule has 0 aliphatic rings. The number of halogens is 1. The molecule has 0 amide bonds. The van der Waals surface area contributed by atoms with Crippen LogP contribution in [0.2, 0.25) is 0 Å². The summed E-state index contributed by atoms with van der Waals surface area (Å²) in [7, 11) is 3.63. The van der Waals surface area contributed by atoms with Gasteiger partial charge in [-0.2, -0.15) is 0 Å². The summed E-state index contributed by atoms with van der Waals surface area (Å²) in [6, 6.07) is 9.83. The zero-order valence-electron chi connectivity index (χ0n) is 7.26. The summed E-state index contributed by atoms with van der Waals surface area (Å²) in [5.41, 5.74) is 1.01. The third-order valence-electron chi connectivity index (χ3n) is 1.86. The molecule has 2 N–H and O–H groups in total. The molecule has 0 spiro atoms. The first-order valence-corrected chi connectivity index (χ1v) is 4.23. The normalized spacial score (nSPS) is 11.6. The van der Waals surface area contributed by atoms with Crippen LogP contribution in [-0.2, 0) is 5.12 Å². The van der Waals surface area contributed by atoms with Gasteiger partial charge in [0.2, 0.25) is 0 Å². The van der Waals surface area contributed by atoms with Crippen molar-refractivity contribution in [3.05, 3.63) is 35.9 Å². The van der Waals surface area contributed by atoms with Crippen LogP contribution in [-0.4, -0.2) is 14.1 Å². The van der Waals surface area contributed by atoms with Crippen molar-refractivity contribution in [1.82, 2.24) is 10.6 Å². The Morgan fingerprint density at radius 2 is 1.58 bits per heavy atom. The Labute approximate surface area is 77.9 Å². The van der Waals surface area contributed by atoms with Crippen LogP contribution >= 0.6 is 11.6 Å². The summed E-state index contributed by atoms with van der Waals surface area (Å²) in [5.74, 6) is 0. The van der Waals surface area contributed by atoms with Gasteiger partial charge in [-0.05, 0) is 14.1 Å². The summed E-state index contributed by atoms with van der Waals surface area (Å²) >= 11 is 6.21. The third kappa shape index (κ3) is 1.78. The first-order valence-electron chi connectivity index (χ1n) is 3.85. The second-order valence-electron chi connectivity index (χ2n) is 2.52. The van der Waals surface area contributed by atoms with Crippen LogP contribution in [0.3, 0.4) is 0 Å². The van der Waals surface area contributed by atoms with E-state index in [2.05, 4.69) is 10.6 Å². The molecule has 0 aromatic heterocycles. The lowest BCUT2D eigenvalue weighted by Crippen LogP contribution is -2.45. The minimum atomic E-state index is -0.652. The maximum Gasteiger partial charge on any atom is 0.172 e. The SMILES string of the molecule is CNC(Cl)(NC)c1ccccc1. The molecule has 0 aliphatic carbocycles. The van der Waals surface area contributed by atoms with Gasteiger partial charge >= 0.3 is 0 Å². The molecule has 0 fully saturated rings. The highest BCUT2D eigenvalue weighted by Crippen LogP contribution is 2.20. The Balaban J connectivity index is 2.95. The molecule has 0 unspecified atom stereocenters. The van der Waals surface area contributed by atoms with E-state index in [1.165, 1.54) is 0 Å². The lowest BCUT2D eigenvalue weighted by molar-refractivity contribution is 0.450. The summed E-state index contributed by atoms with van der Waals surface area (Å²) < 4.78 is 0. The van der Waals surface area contributed by atoms with Gasteiger partial charge in [-0.3, -0.25) is 10.6 Å². The molecule has 3 heteroatoms. The number of nitrogens with one attached hydrogen (secondary N) is 2. The second-order valence-corrected chi connectivity index (χ2v) is 3.09. The lowest BCUT2D eigenvalue weighted by Gasteiger charge is -2.26. The summed E-state index contributed by atoms with van der Waals surface area (Å²) in [5, 5.41) is 5.35. The molecule has 0 aliphatic heterocycles. The molecule has 1 aromatic rings. The van der Waals surface area contributed by atoms with Gasteiger partial charge in [-0.1, -0.05) is 41.9 Å². The highest BCUT2D eigenvalue weighted by atomic mass is 35.5. The third-order valence-corrected chi connectivity index (χ3v) is 2.46. The van der Waals surface area contributed by atoms with Crippen molar-refractivity contribution in [2.75, 3.05) is 14.1 Å². The summed E-state index contributed by atoms with van der Waals surface area (Å²) in [6.07, 6.45) is 0. The molecule has 1 aromatic carbocycles. The van der Waals surface area contributed by atoms with Crippen molar-refractivity contribution < 1.29 is 0 Å². The Morgan fingerprint density at radius 1 is 1.08 bits per heavy atom. The fraction of sp³-hybridized carbons (Fsp3) is 0.333. The molecule has 0 atom stereocenters. The molecule has 0 saturated carbocycles. The predicted molar refractivity (Wildman–Crippen MR) is 52.1 cm³/mol. The first kappa shape index (κ1) is 9.52. The Kier molecular flexibility index (Phi) is 3.09. The first-order chi connectivity index (χ1) is 5.73. The minimum Gasteiger partial charge on any atom is -0.286 e. The van der Waals surface area contributed by atoms with Crippen LogP contribution in [0.4, 0.5) is 0 Å². The Morgan fingerprint density at radius 3 is 2.00 bits per heavy atom. The minimum absolute atomic E-state index is 0.652. The average Bonchev–Trinajstić information content (AvgIpc) is 2.18. The monoisotopic (exact) mass is 184 g/mol. The largest absolute Gasteiger partial charge is 0.286 e. The van der Waals surface area contributed by atoms with E-state index in [-0.39, 0.29) is 0 Å². The van der Waals surface area contributed by atoms with Crippen LogP contribution in [0.5, 0.6) is 0 Å². The van der Waals surface area contributed by atoms with Crippen molar-refractivity contribution in [2.24, 2.45) is 0 Å². The van der Waals surface area contributed by atoms with Crippen LogP contribution in [0, 0.1) is 0 Å². The van der Waals surface area contributed by atoms with E-state index < -0.39 is 5.12 Å². The van der Waals surface area contributed by atoms with Crippen molar-refractivity contribution in [1.29, 1.82) is 0 Å². The second kappa shape index (κ2) is 3.90. The van der Waals surface area contributed by atoms with E-state index in [9.17, 15) is 0 Å². The van der Waals surface area contributed by atoms with Gasteiger partial charge in [-0.25, -0.2) is 0 Å². The van der Waals surface area contributed by atoms with E-state index in [1.807, 2.05) is 44.4 Å². The van der Waals surface area contributed by atoms with Gasteiger partial charge in [0.1, 0.15) is 0 Å². The van der Waals surface area contributed by atoms with E-state index in [1.54, 1.807) is 0 Å². The molecule has 66 valence electrons. The van der Waals surface area contributed by atoms with Crippen LogP contribution in [0.25, 0.3) is 0 Å². The van der Waals surface area contributed by atoms with Crippen LogP contribution in [0.15, 0.2) is 30.3 Å². The van der Waals surface area contributed by atoms with Crippen molar-refractivity contribution >= 4 is 11.6 Å². The quantitative estimate of drug-likeness (QED) is 0.423. The van der Waals surface area contributed by atoms with Gasteiger partial charge in [0, 0.05) is 5.56 Å². The number of benzene rings is 1. The van der Waals surface area contributed by atoms with E-state index in [0.717, 1.165) is 5.56 Å². The van der Waals surface area contributed by atoms with Crippen molar-refractivity contribution in [3.63, 3.8) is 0 Å². The molecular formula is C9H13ClN2. The fourth-order valence-corrected chi connectivity index (χ4v) is 1.21. The summed E-state index contributed by atoms with van der Waals surface area (Å²) in [6.45, 7) is 0. The topological polar surface area (TPSA) is 24.1 Å². The van der Waals surface area contributed by atoms with Gasteiger partial charge < -0.3 is 0 Å². The highest BCUT2D eigenvalue weighted by Gasteiger charge is 2.23. The average molecular weight is 185 g/mol. The predicted octanol–water partition coefficient (Wildman–Crippen LogP) is 1.47. The highest BCUT2D eigenvalue weighted by molar-refractivity contribution is 6.23. The van der Waals surface area contributed by atoms with Gasteiger partial charge in [0.05, 0.1) is 0 Å². The molecule has 2 nitrogen and oxygen atoms in total. The molecule has 0 radical (unpaired) electrons. The van der Waals surface area contributed by atoms with Crippen molar-refractivity contribution in [2.45, 2.75) is 5.12 Å². The molecule has 1 rings (SSSR count). The molecule has 12 heavy (non-hydrogen) atoms. The number of rotatable bonds is 3. The van der Waals surface area contributed by atoms with Crippen LogP contribution in [0.1, 0.15) is 5.56 Å². The lowest BCUT2D eigenvalue weighted by atomic mass is 10.2. The maximum atomic E-state index is 6.21. The number of hydrogen-bond acceptors (Lipinski definition) is 2. The number of alkyl halides is 1. The zero-order valence-corrected chi connectivity index (χ0v) is 8.02. The molecule has 0 saturated heterocycles. The smallest absolute Gasteiger partial charge is 0.172 e. The van der Waals surface area contributed by atoms with E-state index in [4.69, 9.17) is 11.6 Å². The van der Waals surface area contributed by atoms with Crippen molar-refractivity contribution in [3.8, 4) is 0 Å². The van der Waals surface area contributed by atoms with E-state index >= 15 is 0 Å². The number of hydrogen-bond donors (Lipinski definition) is 2. The van der Waals surface area contributed by atoms with Gasteiger partial charge in [-0.15, -0.1) is 0 Å². The molecular weight excluding hydrogens is 172 g/mol. The Hall–Kier alpha value is -0.570. The summed E-state index contributed by atoms with van der Waals surface area (Å²) in [4.78, 5) is 0. The molecule has 0 heterocycles. The van der Waals surface area contributed by atoms with Crippen LogP contribution < -0.4 is 10.6 Å². The fourth-order valence-electron chi connectivity index (χ4n) is 1.08. The zero-order chi connectivity index (χ0) is 9.03. The standard InChI is InChI=1S/C9H13ClN2/c1-11-9(10,12-2)8-6-4-3-5-7-8/h3-7,11-12H,1-2H3. The maximum absolute atomic E-state index is 6.21. The van der Waals surface area contributed by atoms with E-state index in [0.29, 0.717) is 0 Å². The van der Waals surface area contributed by atoms with Gasteiger partial charge in [0.25, 0.3) is 0 Å². The Bertz CT molecular complexity index is 232. The molecule has 0 bridgehead atoms.